The summed E-state index contributed by atoms with van der Waals surface area (Å²) in [5, 5.41) is 16.3. The molecule has 0 radical (unpaired) electrons. The molecule has 0 spiro atoms. The number of morpholine rings is 1. The number of aliphatic imine (C=N–C) groups is 1. The normalized spacial score (nSPS) is 19.8. The number of aromatic nitrogens is 1. The number of rotatable bonds is 10. The Morgan fingerprint density at radius 3 is 2.94 bits per heavy atom. The molecule has 0 bridgehead atoms. The highest BCUT2D eigenvalue weighted by Gasteiger charge is 2.23. The SMILES string of the molecule is CCCNC(=NCN)c1c(C#N)c[nH]c1NCC1=CC=C(SN2CCOCC2)CC1OC. The topological polar surface area (TPSA) is 124 Å². The third-order valence-electron chi connectivity index (χ3n) is 5.28. The molecule has 1 saturated heterocycles. The van der Waals surface area contributed by atoms with Crippen molar-refractivity contribution in [3.8, 4) is 6.07 Å². The smallest absolute Gasteiger partial charge is 0.134 e. The van der Waals surface area contributed by atoms with Crippen molar-refractivity contribution in [2.45, 2.75) is 25.9 Å². The van der Waals surface area contributed by atoms with Gasteiger partial charge in [-0.2, -0.15) is 5.26 Å². The summed E-state index contributed by atoms with van der Waals surface area (Å²) >= 11 is 1.79. The third-order valence-corrected chi connectivity index (χ3v) is 6.44. The minimum atomic E-state index is 0.000265. The molecule has 9 nitrogen and oxygen atoms in total. The Morgan fingerprint density at radius 1 is 1.44 bits per heavy atom. The summed E-state index contributed by atoms with van der Waals surface area (Å²) in [6.07, 6.45) is 7.78. The summed E-state index contributed by atoms with van der Waals surface area (Å²) < 4.78 is 13.6. The molecule has 0 aromatic carbocycles. The second-order valence-corrected chi connectivity index (χ2v) is 8.69. The van der Waals surface area contributed by atoms with E-state index in [1.54, 1.807) is 25.3 Å². The molecule has 2 heterocycles. The van der Waals surface area contributed by atoms with Gasteiger partial charge in [-0.15, -0.1) is 0 Å². The molecule has 1 aliphatic heterocycles. The van der Waals surface area contributed by atoms with E-state index in [9.17, 15) is 5.26 Å². The molecule has 0 amide bonds. The summed E-state index contributed by atoms with van der Waals surface area (Å²) in [6, 6.07) is 2.24. The van der Waals surface area contributed by atoms with Gasteiger partial charge in [0.1, 0.15) is 17.7 Å². The summed E-state index contributed by atoms with van der Waals surface area (Å²) in [4.78, 5) is 8.83. The fraction of sp³-hybridized carbons (Fsp3) is 0.545. The molecule has 10 heteroatoms. The van der Waals surface area contributed by atoms with E-state index in [-0.39, 0.29) is 12.8 Å². The van der Waals surface area contributed by atoms with Gasteiger partial charge in [0, 0.05) is 50.8 Å². The van der Waals surface area contributed by atoms with Gasteiger partial charge in [-0.05, 0) is 23.9 Å². The van der Waals surface area contributed by atoms with Crippen LogP contribution in [0.3, 0.4) is 0 Å². The predicted octanol–water partition coefficient (Wildman–Crippen LogP) is 2.17. The third kappa shape index (κ3) is 6.37. The largest absolute Gasteiger partial charge is 0.379 e. The van der Waals surface area contributed by atoms with Gasteiger partial charge in [-0.3, -0.25) is 4.99 Å². The second-order valence-electron chi connectivity index (χ2n) is 7.47. The Balaban J connectivity index is 1.72. The van der Waals surface area contributed by atoms with Crippen LogP contribution < -0.4 is 16.4 Å². The van der Waals surface area contributed by atoms with E-state index < -0.39 is 0 Å². The van der Waals surface area contributed by atoms with E-state index in [0.29, 0.717) is 17.9 Å². The van der Waals surface area contributed by atoms with Crippen LogP contribution in [0, 0.1) is 11.3 Å². The van der Waals surface area contributed by atoms with Crippen molar-refractivity contribution in [3.63, 3.8) is 0 Å². The number of allylic oxidation sites excluding steroid dienone is 2. The number of nitrogens with one attached hydrogen (secondary N) is 3. The highest BCUT2D eigenvalue weighted by Crippen LogP contribution is 2.32. The van der Waals surface area contributed by atoms with Crippen LogP contribution in [0.1, 0.15) is 30.9 Å². The number of nitrogens with two attached hydrogens (primary N) is 1. The van der Waals surface area contributed by atoms with Gasteiger partial charge in [-0.25, -0.2) is 4.31 Å². The number of aromatic amines is 1. The van der Waals surface area contributed by atoms with Crippen molar-refractivity contribution in [1.29, 1.82) is 5.26 Å². The van der Waals surface area contributed by atoms with Crippen molar-refractivity contribution in [3.05, 3.63) is 40.0 Å². The summed E-state index contributed by atoms with van der Waals surface area (Å²) in [7, 11) is 1.75. The van der Waals surface area contributed by atoms with Crippen molar-refractivity contribution in [1.82, 2.24) is 14.6 Å². The zero-order valence-electron chi connectivity index (χ0n) is 18.8. The molecule has 3 rings (SSSR count). The monoisotopic (exact) mass is 459 g/mol. The van der Waals surface area contributed by atoms with Crippen LogP contribution in [-0.4, -0.2) is 74.4 Å². The Morgan fingerprint density at radius 2 is 2.25 bits per heavy atom. The Hall–Kier alpha value is -2.29. The molecular weight excluding hydrogens is 426 g/mol. The standard InChI is InChI=1S/C22H33N7O2S/c1-3-6-25-21(28-15-24)20-17(12-23)14-27-22(20)26-13-16-4-5-18(11-19(16)30-2)32-29-7-9-31-10-8-29/h4-5,14,19,26-27H,3,6-11,13,15,24H2,1-2H3,(H,25,28). The van der Waals surface area contributed by atoms with Crippen LogP contribution in [0.2, 0.25) is 0 Å². The number of amidine groups is 1. The van der Waals surface area contributed by atoms with Gasteiger partial charge >= 0.3 is 0 Å². The molecule has 1 aromatic heterocycles. The first-order valence-corrected chi connectivity index (χ1v) is 11.7. The number of anilines is 1. The lowest BCUT2D eigenvalue weighted by Gasteiger charge is -2.29. The minimum absolute atomic E-state index is 0.000265. The summed E-state index contributed by atoms with van der Waals surface area (Å²) in [5.74, 6) is 1.37. The lowest BCUT2D eigenvalue weighted by molar-refractivity contribution is 0.0774. The first-order valence-electron chi connectivity index (χ1n) is 11.0. The quantitative estimate of drug-likeness (QED) is 0.238. The maximum absolute atomic E-state index is 9.57. The van der Waals surface area contributed by atoms with Gasteiger partial charge in [0.25, 0.3) is 0 Å². The number of hydrogen-bond donors (Lipinski definition) is 4. The molecular formula is C22H33N7O2S. The lowest BCUT2D eigenvalue weighted by atomic mass is 10.0. The van der Waals surface area contributed by atoms with E-state index >= 15 is 0 Å². The Kier molecular flexibility index (Phi) is 9.64. The fourth-order valence-corrected chi connectivity index (χ4v) is 4.63. The van der Waals surface area contributed by atoms with Crippen molar-refractivity contribution in [2.75, 3.05) is 58.5 Å². The molecule has 1 unspecified atom stereocenters. The zero-order chi connectivity index (χ0) is 22.8. The molecule has 32 heavy (non-hydrogen) atoms. The Labute approximate surface area is 194 Å². The van der Waals surface area contributed by atoms with E-state index in [4.69, 9.17) is 15.2 Å². The average molecular weight is 460 g/mol. The lowest BCUT2D eigenvalue weighted by Crippen LogP contribution is -2.32. The molecule has 0 saturated carbocycles. The number of ether oxygens (including phenoxy) is 2. The van der Waals surface area contributed by atoms with Crippen LogP contribution in [0.4, 0.5) is 5.82 Å². The van der Waals surface area contributed by atoms with Crippen molar-refractivity contribution >= 4 is 23.6 Å². The maximum atomic E-state index is 9.57. The molecule has 1 fully saturated rings. The van der Waals surface area contributed by atoms with Crippen LogP contribution in [0.5, 0.6) is 0 Å². The van der Waals surface area contributed by atoms with Gasteiger partial charge < -0.3 is 30.8 Å². The number of nitrogens with zero attached hydrogens (tertiary/aromatic N) is 3. The van der Waals surface area contributed by atoms with Gasteiger partial charge in [0.15, 0.2) is 0 Å². The highest BCUT2D eigenvalue weighted by atomic mass is 32.2. The molecule has 5 N–H and O–H groups in total. The predicted molar refractivity (Wildman–Crippen MR) is 129 cm³/mol. The fourth-order valence-electron chi connectivity index (χ4n) is 3.61. The first kappa shape index (κ1) is 24.4. The van der Waals surface area contributed by atoms with Gasteiger partial charge in [0.05, 0.1) is 37.1 Å². The van der Waals surface area contributed by atoms with Crippen molar-refractivity contribution in [2.24, 2.45) is 10.7 Å². The number of methoxy groups -OCH3 is 1. The average Bonchev–Trinajstić information content (AvgIpc) is 3.24. The molecule has 2 aliphatic rings. The first-order chi connectivity index (χ1) is 15.7. The number of H-pyrrole nitrogens is 1. The summed E-state index contributed by atoms with van der Waals surface area (Å²) in [6.45, 7) is 7.00. The maximum Gasteiger partial charge on any atom is 0.134 e. The van der Waals surface area contributed by atoms with Crippen LogP contribution in [-0.2, 0) is 9.47 Å². The highest BCUT2D eigenvalue weighted by molar-refractivity contribution is 8.00. The van der Waals surface area contributed by atoms with E-state index in [1.165, 1.54) is 4.91 Å². The Bertz CT molecular complexity index is 881. The minimum Gasteiger partial charge on any atom is -0.379 e. The molecule has 1 atom stereocenters. The zero-order valence-corrected chi connectivity index (χ0v) is 19.6. The van der Waals surface area contributed by atoms with Crippen LogP contribution in [0.25, 0.3) is 0 Å². The van der Waals surface area contributed by atoms with Crippen molar-refractivity contribution < 1.29 is 9.47 Å². The van der Waals surface area contributed by atoms with Crippen LogP contribution in [0.15, 0.2) is 33.8 Å². The molecule has 174 valence electrons. The molecule has 1 aromatic rings. The van der Waals surface area contributed by atoms with E-state index in [0.717, 1.165) is 62.6 Å². The van der Waals surface area contributed by atoms with E-state index in [2.05, 4.69) is 50.1 Å². The van der Waals surface area contributed by atoms with Gasteiger partial charge in [0.2, 0.25) is 0 Å². The van der Waals surface area contributed by atoms with Crippen LogP contribution >= 0.6 is 11.9 Å². The summed E-state index contributed by atoms with van der Waals surface area (Å²) in [5.41, 5.74) is 8.06. The molecule has 1 aliphatic carbocycles. The second kappa shape index (κ2) is 12.7. The number of hydrogen-bond acceptors (Lipinski definition) is 8. The van der Waals surface area contributed by atoms with Gasteiger partial charge in [-0.1, -0.05) is 19.1 Å². The van der Waals surface area contributed by atoms with E-state index in [1.807, 2.05) is 0 Å². The number of nitriles is 1.